The van der Waals surface area contributed by atoms with E-state index in [4.69, 9.17) is 14.5 Å². The number of fused-ring (bicyclic) bond motifs is 2. The van der Waals surface area contributed by atoms with E-state index in [1.165, 1.54) is 0 Å². The van der Waals surface area contributed by atoms with Crippen LogP contribution in [0.1, 0.15) is 54.4 Å². The number of carbonyl (C=O) groups is 2. The summed E-state index contributed by atoms with van der Waals surface area (Å²) in [5, 5.41) is 16.0. The van der Waals surface area contributed by atoms with Gasteiger partial charge < -0.3 is 25.2 Å². The van der Waals surface area contributed by atoms with Crippen LogP contribution in [0.3, 0.4) is 0 Å². The molecule has 9 nitrogen and oxygen atoms in total. The highest BCUT2D eigenvalue weighted by Gasteiger charge is 2.28. The van der Waals surface area contributed by atoms with Crippen LogP contribution < -0.4 is 20.1 Å². The molecule has 0 bridgehead atoms. The summed E-state index contributed by atoms with van der Waals surface area (Å²) in [4.78, 5) is 29.8. The quantitative estimate of drug-likeness (QED) is 0.257. The van der Waals surface area contributed by atoms with Gasteiger partial charge in [-0.25, -0.2) is 4.98 Å². The summed E-state index contributed by atoms with van der Waals surface area (Å²) < 4.78 is 13.0. The Bertz CT molecular complexity index is 1530. The number of aliphatic carboxylic acids is 1. The number of carboxylic acids is 1. The number of amides is 1. The minimum Gasteiger partial charge on any atom is -0.481 e. The van der Waals surface area contributed by atoms with Crippen molar-refractivity contribution in [2.45, 2.75) is 51.1 Å². The van der Waals surface area contributed by atoms with Crippen molar-refractivity contribution in [1.29, 1.82) is 0 Å². The second-order valence-corrected chi connectivity index (χ2v) is 10.4. The zero-order chi connectivity index (χ0) is 27.5. The van der Waals surface area contributed by atoms with Crippen LogP contribution in [-0.4, -0.2) is 39.2 Å². The number of rotatable bonds is 9. The van der Waals surface area contributed by atoms with Crippen molar-refractivity contribution in [3.8, 4) is 22.8 Å². The zero-order valence-electron chi connectivity index (χ0n) is 22.1. The van der Waals surface area contributed by atoms with Crippen molar-refractivity contribution in [2.75, 3.05) is 12.1 Å². The first-order valence-electron chi connectivity index (χ1n) is 13.8. The molecule has 0 radical (unpaired) electrons. The Morgan fingerprint density at radius 1 is 1.00 bits per heavy atom. The Morgan fingerprint density at radius 3 is 2.60 bits per heavy atom. The number of imidazole rings is 1. The summed E-state index contributed by atoms with van der Waals surface area (Å²) in [7, 11) is 0. The van der Waals surface area contributed by atoms with Gasteiger partial charge in [0.15, 0.2) is 11.5 Å². The third-order valence-corrected chi connectivity index (χ3v) is 7.77. The van der Waals surface area contributed by atoms with E-state index in [1.807, 2.05) is 47.0 Å². The summed E-state index contributed by atoms with van der Waals surface area (Å²) in [6.07, 6.45) is 6.92. The molecule has 3 heterocycles. The molecule has 40 heavy (non-hydrogen) atoms. The molecule has 6 rings (SSSR count). The van der Waals surface area contributed by atoms with E-state index < -0.39 is 12.0 Å². The van der Waals surface area contributed by atoms with E-state index >= 15 is 0 Å². The number of carbonyl (C=O) groups excluding carboxylic acids is 1. The van der Waals surface area contributed by atoms with Crippen molar-refractivity contribution in [1.82, 2.24) is 14.7 Å². The Labute approximate surface area is 232 Å². The first-order chi connectivity index (χ1) is 19.5. The number of nitrogens with zero attached hydrogens (tertiary/aromatic N) is 2. The summed E-state index contributed by atoms with van der Waals surface area (Å²) in [5.41, 5.74) is 3.74. The third-order valence-electron chi connectivity index (χ3n) is 7.77. The first-order valence-corrected chi connectivity index (χ1v) is 13.8. The van der Waals surface area contributed by atoms with E-state index in [9.17, 15) is 14.7 Å². The maximum atomic E-state index is 13.3. The molecule has 1 saturated carbocycles. The van der Waals surface area contributed by atoms with Crippen molar-refractivity contribution in [3.05, 3.63) is 78.0 Å². The van der Waals surface area contributed by atoms with Gasteiger partial charge in [-0.2, -0.15) is 0 Å². The molecule has 2 aromatic heterocycles. The average molecular weight is 541 g/mol. The van der Waals surface area contributed by atoms with Crippen molar-refractivity contribution in [2.24, 2.45) is 5.92 Å². The lowest BCUT2D eigenvalue weighted by Gasteiger charge is -2.30. The monoisotopic (exact) mass is 540 g/mol. The van der Waals surface area contributed by atoms with E-state index in [0.29, 0.717) is 29.3 Å². The molecule has 1 aliphatic heterocycles. The largest absolute Gasteiger partial charge is 0.481 e. The van der Waals surface area contributed by atoms with Crippen LogP contribution in [0.5, 0.6) is 11.5 Å². The zero-order valence-corrected chi connectivity index (χ0v) is 22.1. The maximum absolute atomic E-state index is 13.3. The fourth-order valence-electron chi connectivity index (χ4n) is 5.69. The Kier molecular flexibility index (Phi) is 7.27. The van der Waals surface area contributed by atoms with E-state index in [1.54, 1.807) is 12.1 Å². The lowest BCUT2D eigenvalue weighted by Crippen LogP contribution is -2.42. The Balaban J connectivity index is 1.32. The first kappa shape index (κ1) is 25.7. The maximum Gasteiger partial charge on any atom is 0.305 e. The van der Waals surface area contributed by atoms with Crippen LogP contribution in [-0.2, 0) is 11.3 Å². The number of nitrogens with one attached hydrogen (secondary N) is 2. The van der Waals surface area contributed by atoms with Gasteiger partial charge in [0.05, 0.1) is 6.42 Å². The van der Waals surface area contributed by atoms with Gasteiger partial charge in [0.25, 0.3) is 5.91 Å². The SMILES string of the molecule is O=C(O)CC(NC(=O)c1ccn2c(NCc3ccccc3)c(-c3ccc4c(c3)OCO4)nc2c1)C1CCCCC1. The molecule has 1 atom stereocenters. The summed E-state index contributed by atoms with van der Waals surface area (Å²) in [5.74, 6) is 1.13. The van der Waals surface area contributed by atoms with Gasteiger partial charge in [0.1, 0.15) is 17.2 Å². The minimum absolute atomic E-state index is 0.0795. The second-order valence-electron chi connectivity index (χ2n) is 10.4. The molecule has 9 heteroatoms. The lowest BCUT2D eigenvalue weighted by molar-refractivity contribution is -0.137. The fourth-order valence-corrected chi connectivity index (χ4v) is 5.69. The van der Waals surface area contributed by atoms with Gasteiger partial charge in [-0.1, -0.05) is 49.6 Å². The smallest absolute Gasteiger partial charge is 0.305 e. The molecule has 1 unspecified atom stereocenters. The minimum atomic E-state index is -0.901. The third kappa shape index (κ3) is 5.45. The summed E-state index contributed by atoms with van der Waals surface area (Å²) in [6, 6.07) is 18.9. The van der Waals surface area contributed by atoms with Crippen LogP contribution in [0.4, 0.5) is 5.82 Å². The van der Waals surface area contributed by atoms with Crippen molar-refractivity contribution >= 4 is 23.3 Å². The topological polar surface area (TPSA) is 114 Å². The van der Waals surface area contributed by atoms with Crippen molar-refractivity contribution < 1.29 is 24.2 Å². The van der Waals surface area contributed by atoms with Crippen LogP contribution in [0.2, 0.25) is 0 Å². The number of aromatic nitrogens is 2. The number of ether oxygens (including phenoxy) is 2. The van der Waals surface area contributed by atoms with Gasteiger partial charge >= 0.3 is 5.97 Å². The van der Waals surface area contributed by atoms with Gasteiger partial charge in [0.2, 0.25) is 6.79 Å². The van der Waals surface area contributed by atoms with Crippen LogP contribution in [0, 0.1) is 5.92 Å². The standard InChI is InChI=1S/C31H32N4O5/c36-28(37)17-24(21-9-5-2-6-10-21)33-31(38)23-13-14-35-27(16-23)34-29(22-11-12-25-26(15-22)40-19-39-25)30(35)32-18-20-7-3-1-4-8-20/h1,3-4,7-8,11-16,21,24,32H,2,5-6,9-10,17-19H2,(H,33,38)(H,36,37). The number of pyridine rings is 1. The molecule has 1 fully saturated rings. The molecular weight excluding hydrogens is 508 g/mol. The van der Waals surface area contributed by atoms with Gasteiger partial charge in [-0.3, -0.25) is 14.0 Å². The molecule has 1 amide bonds. The number of carboxylic acid groups (broad SMARTS) is 1. The Hall–Kier alpha value is -4.53. The van der Waals surface area contributed by atoms with Gasteiger partial charge in [0, 0.05) is 29.9 Å². The molecule has 0 saturated heterocycles. The average Bonchev–Trinajstić information content (AvgIpc) is 3.60. The summed E-state index contributed by atoms with van der Waals surface area (Å²) in [6.45, 7) is 0.776. The Morgan fingerprint density at radius 2 is 1.80 bits per heavy atom. The number of hydrogen-bond acceptors (Lipinski definition) is 6. The van der Waals surface area contributed by atoms with E-state index in [-0.39, 0.29) is 25.0 Å². The van der Waals surface area contributed by atoms with Crippen LogP contribution >= 0.6 is 0 Å². The molecule has 4 aromatic rings. The lowest BCUT2D eigenvalue weighted by atomic mass is 9.82. The van der Waals surface area contributed by atoms with Gasteiger partial charge in [-0.15, -0.1) is 0 Å². The predicted octanol–water partition coefficient (Wildman–Crippen LogP) is 5.50. The molecule has 2 aromatic carbocycles. The molecule has 2 aliphatic rings. The number of benzene rings is 2. The summed E-state index contributed by atoms with van der Waals surface area (Å²) >= 11 is 0. The van der Waals surface area contributed by atoms with Crippen molar-refractivity contribution in [3.63, 3.8) is 0 Å². The molecule has 3 N–H and O–H groups in total. The number of hydrogen-bond donors (Lipinski definition) is 3. The second kappa shape index (κ2) is 11.3. The van der Waals surface area contributed by atoms with Crippen LogP contribution in [0.15, 0.2) is 66.9 Å². The van der Waals surface area contributed by atoms with Gasteiger partial charge in [-0.05, 0) is 54.7 Å². The van der Waals surface area contributed by atoms with Crippen LogP contribution in [0.25, 0.3) is 16.9 Å². The highest BCUT2D eigenvalue weighted by Crippen LogP contribution is 2.38. The normalized spacial score (nSPS) is 15.6. The predicted molar refractivity (Wildman–Crippen MR) is 151 cm³/mol. The molecule has 0 spiro atoms. The highest BCUT2D eigenvalue weighted by molar-refractivity contribution is 5.96. The molecule has 1 aliphatic carbocycles. The number of anilines is 1. The van der Waals surface area contributed by atoms with E-state index in [2.05, 4.69) is 22.8 Å². The molecule has 206 valence electrons. The van der Waals surface area contributed by atoms with E-state index in [0.717, 1.165) is 54.7 Å². The highest BCUT2D eigenvalue weighted by atomic mass is 16.7. The fraction of sp³-hybridized carbons (Fsp3) is 0.323. The molecular formula is C31H32N4O5.